The molecule has 0 saturated heterocycles. The first-order valence-electron chi connectivity index (χ1n) is 12.5. The second kappa shape index (κ2) is 12.4. The molecule has 5 heteroatoms. The van der Waals surface area contributed by atoms with Crippen LogP contribution in [0.2, 0.25) is 0 Å². The lowest BCUT2D eigenvalue weighted by Crippen LogP contribution is -2.30. The minimum Gasteiger partial charge on any atom is -0.507 e. The number of rotatable bonds is 13. The van der Waals surface area contributed by atoms with Gasteiger partial charge < -0.3 is 15.2 Å². The first kappa shape index (κ1) is 24.8. The zero-order valence-corrected chi connectivity index (χ0v) is 20.4. The number of aryl methyl sites for hydroxylation is 2. The van der Waals surface area contributed by atoms with Crippen molar-refractivity contribution in [2.75, 3.05) is 6.61 Å². The lowest BCUT2D eigenvalue weighted by molar-refractivity contribution is 0.299. The lowest BCUT2D eigenvalue weighted by Gasteiger charge is -2.30. The highest BCUT2D eigenvalue weighted by atomic mass is 16.5. The zero-order valence-electron chi connectivity index (χ0n) is 20.4. The topological polar surface area (TPSA) is 66.2 Å². The second-order valence-electron chi connectivity index (χ2n) is 8.92. The Kier molecular flexibility index (Phi) is 9.35. The van der Waals surface area contributed by atoms with Gasteiger partial charge in [-0.3, -0.25) is 0 Å². The fraction of sp³-hybridized carbons (Fsp3) is 0.500. The molecule has 2 aromatic carbocycles. The maximum Gasteiger partial charge on any atom is 0.208 e. The van der Waals surface area contributed by atoms with Crippen LogP contribution in [0.25, 0.3) is 0 Å². The summed E-state index contributed by atoms with van der Waals surface area (Å²) in [5.41, 5.74) is 2.88. The summed E-state index contributed by atoms with van der Waals surface area (Å²) in [6.45, 7) is 7.16. The molecule has 0 spiro atoms. The number of nitrogens with zero attached hydrogens (tertiary/aromatic N) is 2. The van der Waals surface area contributed by atoms with Crippen molar-refractivity contribution in [1.82, 2.24) is 5.32 Å². The largest absolute Gasteiger partial charge is 0.507 e. The second-order valence-corrected chi connectivity index (χ2v) is 8.92. The Morgan fingerprint density at radius 2 is 1.55 bits per heavy atom. The van der Waals surface area contributed by atoms with E-state index in [9.17, 15) is 5.11 Å². The maximum atomic E-state index is 11.2. The molecule has 178 valence electrons. The summed E-state index contributed by atoms with van der Waals surface area (Å²) in [5.74, 6) is 0.942. The number of nitrogens with one attached hydrogen (secondary N) is 1. The van der Waals surface area contributed by atoms with Gasteiger partial charge in [-0.05, 0) is 37.8 Å². The smallest absolute Gasteiger partial charge is 0.208 e. The normalized spacial score (nSPS) is 14.3. The quantitative estimate of drug-likeness (QED) is 0.337. The average Bonchev–Trinajstić information content (AvgIpc) is 2.83. The van der Waals surface area contributed by atoms with Crippen molar-refractivity contribution in [2.24, 2.45) is 9.98 Å². The number of ether oxygens (including phenoxy) is 1. The number of benzene rings is 2. The standard InChI is InChI=1S/C28H39N3O2/c1-4-6-8-10-12-23-18-25(26(32)19-27(23)33-17-11-9-7-5-2)28(30-20-29-21-31-28)24-15-13-22(3)14-16-24/h13-16,18-21,32H,4-12,17H2,1-3H3,(H,29,30,31). The van der Waals surface area contributed by atoms with E-state index >= 15 is 0 Å². The molecule has 0 aromatic heterocycles. The van der Waals surface area contributed by atoms with Crippen LogP contribution in [0.3, 0.4) is 0 Å². The van der Waals surface area contributed by atoms with Gasteiger partial charge in [-0.1, -0.05) is 82.2 Å². The summed E-state index contributed by atoms with van der Waals surface area (Å²) < 4.78 is 6.17. The van der Waals surface area contributed by atoms with Crippen molar-refractivity contribution in [3.8, 4) is 11.5 Å². The molecule has 1 aliphatic rings. The summed E-state index contributed by atoms with van der Waals surface area (Å²) in [7, 11) is 0. The van der Waals surface area contributed by atoms with Gasteiger partial charge in [0.1, 0.15) is 11.5 Å². The van der Waals surface area contributed by atoms with Gasteiger partial charge in [0.05, 0.1) is 19.3 Å². The molecule has 0 aliphatic carbocycles. The Morgan fingerprint density at radius 1 is 0.879 bits per heavy atom. The summed E-state index contributed by atoms with van der Waals surface area (Å²) in [5, 5.41) is 14.1. The van der Waals surface area contributed by atoms with E-state index in [1.165, 1.54) is 44.1 Å². The molecule has 0 radical (unpaired) electrons. The van der Waals surface area contributed by atoms with E-state index in [4.69, 9.17) is 14.7 Å². The number of phenolic OH excluding ortho intramolecular Hbond substituents is 1. The molecule has 2 aromatic rings. The third-order valence-electron chi connectivity index (χ3n) is 6.22. The highest BCUT2D eigenvalue weighted by molar-refractivity contribution is 5.79. The van der Waals surface area contributed by atoms with E-state index in [-0.39, 0.29) is 5.75 Å². The predicted molar refractivity (Wildman–Crippen MR) is 138 cm³/mol. The Morgan fingerprint density at radius 3 is 2.21 bits per heavy atom. The summed E-state index contributed by atoms with van der Waals surface area (Å²) in [6.07, 6.45) is 13.5. The molecule has 5 nitrogen and oxygen atoms in total. The number of phenols is 1. The molecule has 1 heterocycles. The van der Waals surface area contributed by atoms with Gasteiger partial charge in [-0.2, -0.15) is 0 Å². The SMILES string of the molecule is CCCCCCOc1cc(O)c(C2(c3ccc(C)cc3)N=CNC=N2)cc1CCCCCC. The molecule has 0 saturated carbocycles. The third kappa shape index (κ3) is 6.37. The monoisotopic (exact) mass is 449 g/mol. The number of hydrogen-bond donors (Lipinski definition) is 2. The molecule has 0 amide bonds. The Labute approximate surface area is 199 Å². The van der Waals surface area contributed by atoms with Crippen molar-refractivity contribution in [3.05, 3.63) is 58.7 Å². The molecule has 0 bridgehead atoms. The van der Waals surface area contributed by atoms with Crippen molar-refractivity contribution in [2.45, 2.75) is 84.2 Å². The van der Waals surface area contributed by atoms with Crippen molar-refractivity contribution in [1.29, 1.82) is 0 Å². The van der Waals surface area contributed by atoms with Gasteiger partial charge in [-0.25, -0.2) is 9.98 Å². The van der Waals surface area contributed by atoms with E-state index in [1.54, 1.807) is 18.7 Å². The van der Waals surface area contributed by atoms with Crippen LogP contribution < -0.4 is 10.1 Å². The first-order valence-corrected chi connectivity index (χ1v) is 12.5. The van der Waals surface area contributed by atoms with Crippen LogP contribution in [0.1, 0.15) is 87.5 Å². The van der Waals surface area contributed by atoms with Crippen molar-refractivity contribution in [3.63, 3.8) is 0 Å². The molecular weight excluding hydrogens is 410 g/mol. The highest BCUT2D eigenvalue weighted by Crippen LogP contribution is 2.43. The van der Waals surface area contributed by atoms with E-state index < -0.39 is 5.66 Å². The lowest BCUT2D eigenvalue weighted by atomic mass is 9.88. The molecule has 1 aliphatic heterocycles. The summed E-state index contributed by atoms with van der Waals surface area (Å²) >= 11 is 0. The molecule has 2 N–H and O–H groups in total. The van der Waals surface area contributed by atoms with Crippen LogP contribution in [0.15, 0.2) is 46.4 Å². The zero-order chi connectivity index (χ0) is 23.5. The molecule has 33 heavy (non-hydrogen) atoms. The van der Waals surface area contributed by atoms with E-state index in [0.717, 1.165) is 36.1 Å². The predicted octanol–water partition coefficient (Wildman–Crippen LogP) is 6.64. The number of hydrogen-bond acceptors (Lipinski definition) is 5. The van der Waals surface area contributed by atoms with E-state index in [0.29, 0.717) is 12.2 Å². The van der Waals surface area contributed by atoms with Crippen LogP contribution in [-0.4, -0.2) is 24.4 Å². The van der Waals surface area contributed by atoms with Gasteiger partial charge >= 0.3 is 0 Å². The van der Waals surface area contributed by atoms with Crippen LogP contribution in [-0.2, 0) is 12.1 Å². The van der Waals surface area contributed by atoms with Crippen molar-refractivity contribution < 1.29 is 9.84 Å². The maximum absolute atomic E-state index is 11.2. The Balaban J connectivity index is 1.96. The highest BCUT2D eigenvalue weighted by Gasteiger charge is 2.37. The first-order chi connectivity index (χ1) is 16.1. The molecule has 0 atom stereocenters. The van der Waals surface area contributed by atoms with Crippen LogP contribution in [0, 0.1) is 6.92 Å². The van der Waals surface area contributed by atoms with Crippen LogP contribution in [0.4, 0.5) is 0 Å². The minimum absolute atomic E-state index is 0.160. The van der Waals surface area contributed by atoms with Gasteiger partial charge in [0.25, 0.3) is 0 Å². The fourth-order valence-electron chi connectivity index (χ4n) is 4.23. The van der Waals surface area contributed by atoms with Crippen LogP contribution >= 0.6 is 0 Å². The average molecular weight is 450 g/mol. The third-order valence-corrected chi connectivity index (χ3v) is 6.22. The number of aromatic hydroxyl groups is 1. The number of unbranched alkanes of at least 4 members (excludes halogenated alkanes) is 6. The van der Waals surface area contributed by atoms with E-state index in [1.807, 2.05) is 12.1 Å². The summed E-state index contributed by atoms with van der Waals surface area (Å²) in [6, 6.07) is 12.0. The van der Waals surface area contributed by atoms with Crippen molar-refractivity contribution >= 4 is 12.7 Å². The van der Waals surface area contributed by atoms with E-state index in [2.05, 4.69) is 44.3 Å². The Bertz CT molecular complexity index is 923. The summed E-state index contributed by atoms with van der Waals surface area (Å²) in [4.78, 5) is 9.47. The minimum atomic E-state index is -1.01. The van der Waals surface area contributed by atoms with Gasteiger partial charge in [0.15, 0.2) is 0 Å². The Hall–Kier alpha value is -2.82. The number of aliphatic imine (C=N–C) groups is 2. The molecule has 0 unspecified atom stereocenters. The van der Waals surface area contributed by atoms with Gasteiger partial charge in [0, 0.05) is 17.2 Å². The van der Waals surface area contributed by atoms with Gasteiger partial charge in [-0.15, -0.1) is 0 Å². The molecule has 3 rings (SSSR count). The van der Waals surface area contributed by atoms with Gasteiger partial charge in [0.2, 0.25) is 5.66 Å². The molecular formula is C28H39N3O2. The van der Waals surface area contributed by atoms with Crippen LogP contribution in [0.5, 0.6) is 11.5 Å². The fourth-order valence-corrected chi connectivity index (χ4v) is 4.23. The molecule has 0 fully saturated rings.